The zero-order valence-electron chi connectivity index (χ0n) is 17.0. The second kappa shape index (κ2) is 8.70. The molecule has 0 fully saturated rings. The summed E-state index contributed by atoms with van der Waals surface area (Å²) in [5.41, 5.74) is 1.54. The van der Waals surface area contributed by atoms with E-state index in [-0.39, 0.29) is 35.2 Å². The molecule has 0 spiro atoms. The van der Waals surface area contributed by atoms with Crippen molar-refractivity contribution in [2.45, 2.75) is 39.5 Å². The summed E-state index contributed by atoms with van der Waals surface area (Å²) in [6.07, 6.45) is -1.74. The van der Waals surface area contributed by atoms with Gasteiger partial charge in [0, 0.05) is 29.4 Å². The smallest absolute Gasteiger partial charge is 0.422 e. The number of rotatable bonds is 6. The second-order valence-electron chi connectivity index (χ2n) is 7.40. The van der Waals surface area contributed by atoms with Gasteiger partial charge >= 0.3 is 6.18 Å². The number of nitrogens with zero attached hydrogens (tertiary/aromatic N) is 3. The number of nitrogens with one attached hydrogen (secondary N) is 1. The zero-order valence-corrected chi connectivity index (χ0v) is 17.7. The van der Waals surface area contributed by atoms with Gasteiger partial charge in [0.25, 0.3) is 5.91 Å². The number of amides is 2. The van der Waals surface area contributed by atoms with Crippen LogP contribution in [0.3, 0.4) is 0 Å². The Morgan fingerprint density at radius 1 is 1.32 bits per heavy atom. The number of pyridine rings is 2. The Morgan fingerprint density at radius 2 is 2.03 bits per heavy atom. The van der Waals surface area contributed by atoms with Crippen LogP contribution >= 0.6 is 11.6 Å². The number of carbonyl (C=O) groups excluding carboxylic acids is 2. The average Bonchev–Trinajstić information content (AvgIpc) is 3.03. The summed E-state index contributed by atoms with van der Waals surface area (Å²) in [7, 11) is 0. The third-order valence-corrected chi connectivity index (χ3v) is 5.06. The van der Waals surface area contributed by atoms with Crippen molar-refractivity contribution in [1.29, 1.82) is 0 Å². The molecule has 11 heteroatoms. The van der Waals surface area contributed by atoms with Crippen molar-refractivity contribution in [3.05, 3.63) is 46.2 Å². The van der Waals surface area contributed by atoms with Gasteiger partial charge in [0.15, 0.2) is 6.61 Å². The topological polar surface area (TPSA) is 84.4 Å². The van der Waals surface area contributed by atoms with Gasteiger partial charge in [-0.2, -0.15) is 13.2 Å². The van der Waals surface area contributed by atoms with Gasteiger partial charge in [0.2, 0.25) is 11.8 Å². The third-order valence-electron chi connectivity index (χ3n) is 4.79. The summed E-state index contributed by atoms with van der Waals surface area (Å²) in [6.45, 7) is 3.92. The van der Waals surface area contributed by atoms with Gasteiger partial charge in [-0.1, -0.05) is 25.4 Å². The summed E-state index contributed by atoms with van der Waals surface area (Å²) >= 11 is 6.03. The Hall–Kier alpha value is -2.88. The summed E-state index contributed by atoms with van der Waals surface area (Å²) in [5.74, 6) is -0.750. The number of hydrogen-bond donors (Lipinski definition) is 1. The molecule has 2 aromatic rings. The van der Waals surface area contributed by atoms with E-state index in [0.29, 0.717) is 22.5 Å². The molecular weight excluding hydrogens is 437 g/mol. The molecular formula is C20H20ClF3N4O3. The van der Waals surface area contributed by atoms with Gasteiger partial charge in [-0.15, -0.1) is 0 Å². The van der Waals surface area contributed by atoms with Gasteiger partial charge in [0.1, 0.15) is 10.8 Å². The van der Waals surface area contributed by atoms with Crippen LogP contribution in [0.2, 0.25) is 5.02 Å². The van der Waals surface area contributed by atoms with Crippen LogP contribution in [0.15, 0.2) is 24.5 Å². The van der Waals surface area contributed by atoms with E-state index in [4.69, 9.17) is 11.6 Å². The van der Waals surface area contributed by atoms with Crippen LogP contribution in [0.4, 0.5) is 19.0 Å². The Morgan fingerprint density at radius 3 is 2.65 bits per heavy atom. The monoisotopic (exact) mass is 456 g/mol. The lowest BCUT2D eigenvalue weighted by atomic mass is 10.1. The maximum atomic E-state index is 12.9. The molecule has 1 atom stereocenters. The number of aromatic nitrogens is 2. The summed E-state index contributed by atoms with van der Waals surface area (Å²) in [4.78, 5) is 34.6. The SMILES string of the molecule is CC(C)C(=O)Nc1nccc2c1CN(C(C)c1cnc(OCC(F)(F)F)c(Cl)c1)C2=O. The van der Waals surface area contributed by atoms with Crippen molar-refractivity contribution in [2.75, 3.05) is 11.9 Å². The Bertz CT molecular complexity index is 1010. The lowest BCUT2D eigenvalue weighted by Crippen LogP contribution is -2.27. The molecule has 1 unspecified atom stereocenters. The van der Waals surface area contributed by atoms with Gasteiger partial charge < -0.3 is 15.0 Å². The largest absolute Gasteiger partial charge is 0.467 e. The molecule has 0 radical (unpaired) electrons. The first kappa shape index (κ1) is 22.8. The van der Waals surface area contributed by atoms with E-state index in [1.807, 2.05) is 0 Å². The molecule has 7 nitrogen and oxygen atoms in total. The fourth-order valence-corrected chi connectivity index (χ4v) is 3.27. The molecule has 2 aromatic heterocycles. The Labute approximate surface area is 181 Å². The molecule has 0 aliphatic carbocycles. The molecule has 3 rings (SSSR count). The molecule has 31 heavy (non-hydrogen) atoms. The van der Waals surface area contributed by atoms with Gasteiger partial charge in [-0.3, -0.25) is 9.59 Å². The molecule has 0 saturated heterocycles. The Balaban J connectivity index is 1.80. The number of alkyl halides is 3. The maximum Gasteiger partial charge on any atom is 0.422 e. The molecule has 0 bridgehead atoms. The van der Waals surface area contributed by atoms with Crippen molar-refractivity contribution >= 4 is 29.2 Å². The normalized spacial score (nSPS) is 14.6. The van der Waals surface area contributed by atoms with E-state index in [1.54, 1.807) is 31.7 Å². The van der Waals surface area contributed by atoms with Crippen LogP contribution in [0, 0.1) is 5.92 Å². The highest BCUT2D eigenvalue weighted by Crippen LogP contribution is 2.35. The first-order chi connectivity index (χ1) is 14.5. The van der Waals surface area contributed by atoms with Crippen molar-refractivity contribution in [2.24, 2.45) is 5.92 Å². The minimum Gasteiger partial charge on any atom is -0.467 e. The van der Waals surface area contributed by atoms with Crippen molar-refractivity contribution in [3.63, 3.8) is 0 Å². The molecule has 0 saturated carbocycles. The van der Waals surface area contributed by atoms with Gasteiger partial charge in [0.05, 0.1) is 12.6 Å². The highest BCUT2D eigenvalue weighted by Gasteiger charge is 2.34. The number of hydrogen-bond acceptors (Lipinski definition) is 5. The number of fused-ring (bicyclic) bond motifs is 1. The first-order valence-electron chi connectivity index (χ1n) is 9.42. The van der Waals surface area contributed by atoms with Gasteiger partial charge in [-0.25, -0.2) is 9.97 Å². The van der Waals surface area contributed by atoms with Crippen LogP contribution in [-0.2, 0) is 11.3 Å². The maximum absolute atomic E-state index is 12.9. The minimum absolute atomic E-state index is 0.0932. The minimum atomic E-state index is -4.51. The highest BCUT2D eigenvalue weighted by molar-refractivity contribution is 6.31. The lowest BCUT2D eigenvalue weighted by molar-refractivity contribution is -0.154. The Kier molecular flexibility index (Phi) is 6.40. The average molecular weight is 457 g/mol. The standard InChI is InChI=1S/C20H20ClF3N4O3/c1-10(2)17(29)27-16-14-8-28(19(30)13(14)4-5-25-16)11(3)12-6-15(21)18(26-7-12)31-9-20(22,23)24/h4-7,10-11H,8-9H2,1-3H3,(H,25,27,29). The quantitative estimate of drug-likeness (QED) is 0.697. The van der Waals surface area contributed by atoms with E-state index in [9.17, 15) is 22.8 Å². The first-order valence-corrected chi connectivity index (χ1v) is 9.80. The van der Waals surface area contributed by atoms with E-state index in [0.717, 1.165) is 0 Å². The van der Waals surface area contributed by atoms with E-state index in [1.165, 1.54) is 18.5 Å². The molecule has 1 aliphatic heterocycles. The predicted octanol–water partition coefficient (Wildman–Crippen LogP) is 4.38. The van der Waals surface area contributed by atoms with Crippen LogP contribution < -0.4 is 10.1 Å². The number of ether oxygens (including phenoxy) is 1. The molecule has 0 aromatic carbocycles. The van der Waals surface area contributed by atoms with Crippen LogP contribution in [0.1, 0.15) is 48.3 Å². The van der Waals surface area contributed by atoms with Gasteiger partial charge in [-0.05, 0) is 24.6 Å². The number of halogens is 4. The fraction of sp³-hybridized carbons (Fsp3) is 0.400. The van der Waals surface area contributed by atoms with Crippen molar-refractivity contribution < 1.29 is 27.5 Å². The highest BCUT2D eigenvalue weighted by atomic mass is 35.5. The summed E-state index contributed by atoms with van der Waals surface area (Å²) in [6, 6.07) is 2.51. The third kappa shape index (κ3) is 5.07. The summed E-state index contributed by atoms with van der Waals surface area (Å²) in [5, 5.41) is 2.64. The summed E-state index contributed by atoms with van der Waals surface area (Å²) < 4.78 is 41.6. The van der Waals surface area contributed by atoms with E-state index in [2.05, 4.69) is 20.0 Å². The van der Waals surface area contributed by atoms with Crippen molar-refractivity contribution in [1.82, 2.24) is 14.9 Å². The number of anilines is 1. The lowest BCUT2D eigenvalue weighted by Gasteiger charge is -2.25. The molecule has 1 N–H and O–H groups in total. The van der Waals surface area contributed by atoms with Crippen LogP contribution in [0.25, 0.3) is 0 Å². The molecule has 2 amide bonds. The van der Waals surface area contributed by atoms with E-state index < -0.39 is 18.8 Å². The molecule has 166 valence electrons. The van der Waals surface area contributed by atoms with E-state index >= 15 is 0 Å². The van der Waals surface area contributed by atoms with Crippen molar-refractivity contribution in [3.8, 4) is 5.88 Å². The number of carbonyl (C=O) groups is 2. The van der Waals surface area contributed by atoms with Crippen LogP contribution in [0.5, 0.6) is 5.88 Å². The second-order valence-corrected chi connectivity index (χ2v) is 7.81. The van der Waals surface area contributed by atoms with Crippen LogP contribution in [-0.4, -0.2) is 39.5 Å². The molecule has 1 aliphatic rings. The zero-order chi connectivity index (χ0) is 22.9. The predicted molar refractivity (Wildman–Crippen MR) is 107 cm³/mol. The fourth-order valence-electron chi connectivity index (χ4n) is 3.04. The molecule has 3 heterocycles.